The number of hydrazine groups is 1. The molecule has 0 saturated carbocycles. The first-order valence-electron chi connectivity index (χ1n) is 10.6. The highest BCUT2D eigenvalue weighted by Crippen LogP contribution is 2.25. The van der Waals surface area contributed by atoms with Gasteiger partial charge in [0.25, 0.3) is 0 Å². The van der Waals surface area contributed by atoms with Crippen molar-refractivity contribution in [2.24, 2.45) is 5.92 Å². The highest BCUT2D eigenvalue weighted by atomic mass is 16.2. The Bertz CT molecular complexity index is 889. The molecule has 158 valence electrons. The predicted octanol–water partition coefficient (Wildman–Crippen LogP) is 2.48. The largest absolute Gasteiger partial charge is 0.341 e. The molecule has 2 unspecified atom stereocenters. The molecule has 0 aliphatic carbocycles. The van der Waals surface area contributed by atoms with Crippen LogP contribution in [-0.4, -0.2) is 40.8 Å². The Hall–Kier alpha value is -2.77. The lowest BCUT2D eigenvalue weighted by molar-refractivity contribution is -0.136. The molecular weight excluding hydrogens is 378 g/mol. The van der Waals surface area contributed by atoms with Gasteiger partial charge < -0.3 is 10.2 Å². The van der Waals surface area contributed by atoms with Gasteiger partial charge in [-0.3, -0.25) is 14.6 Å². The normalized spacial score (nSPS) is 22.1. The Kier molecular flexibility index (Phi) is 6.11. The third-order valence-electron chi connectivity index (χ3n) is 5.91. The number of likely N-dealkylation sites (tertiary alicyclic amines) is 1. The minimum absolute atomic E-state index is 0.0289. The number of rotatable bonds is 4. The molecule has 4 rings (SSSR count). The number of hydrogen-bond acceptors (Lipinski definition) is 5. The van der Waals surface area contributed by atoms with Crippen LogP contribution in [0.25, 0.3) is 0 Å². The van der Waals surface area contributed by atoms with Crippen LogP contribution in [0.1, 0.15) is 42.1 Å². The van der Waals surface area contributed by atoms with Crippen molar-refractivity contribution in [2.45, 2.75) is 45.2 Å². The molecule has 7 nitrogen and oxygen atoms in total. The molecule has 2 saturated heterocycles. The average molecular weight is 408 g/mol. The van der Waals surface area contributed by atoms with Gasteiger partial charge in [0.05, 0.1) is 11.7 Å². The van der Waals surface area contributed by atoms with Crippen LogP contribution in [0.5, 0.6) is 0 Å². The van der Waals surface area contributed by atoms with Gasteiger partial charge in [-0.25, -0.2) is 10.9 Å². The number of pyridine rings is 1. The average Bonchev–Trinajstić information content (AvgIpc) is 3.23. The van der Waals surface area contributed by atoms with E-state index in [2.05, 4.69) is 27.2 Å². The van der Waals surface area contributed by atoms with Crippen LogP contribution in [0.3, 0.4) is 0 Å². The minimum Gasteiger partial charge on any atom is -0.341 e. The second-order valence-electron chi connectivity index (χ2n) is 8.35. The summed E-state index contributed by atoms with van der Waals surface area (Å²) in [4.78, 5) is 31.8. The van der Waals surface area contributed by atoms with E-state index in [4.69, 9.17) is 0 Å². The molecule has 1 aromatic carbocycles. The Morgan fingerprint density at radius 3 is 2.47 bits per heavy atom. The van der Waals surface area contributed by atoms with Crippen molar-refractivity contribution in [2.75, 3.05) is 18.4 Å². The summed E-state index contributed by atoms with van der Waals surface area (Å²) in [6.45, 7) is 5.26. The zero-order valence-corrected chi connectivity index (χ0v) is 17.5. The van der Waals surface area contributed by atoms with Crippen molar-refractivity contribution in [3.8, 4) is 0 Å². The summed E-state index contributed by atoms with van der Waals surface area (Å²) < 4.78 is 0. The molecule has 0 spiro atoms. The van der Waals surface area contributed by atoms with Crippen LogP contribution in [0, 0.1) is 19.8 Å². The number of piperidine rings is 1. The monoisotopic (exact) mass is 407 g/mol. The highest BCUT2D eigenvalue weighted by Gasteiger charge is 2.35. The quantitative estimate of drug-likeness (QED) is 0.725. The van der Waals surface area contributed by atoms with E-state index in [0.717, 1.165) is 22.5 Å². The lowest BCUT2D eigenvalue weighted by atomic mass is 9.94. The van der Waals surface area contributed by atoms with Gasteiger partial charge in [0.2, 0.25) is 11.8 Å². The lowest BCUT2D eigenvalue weighted by Gasteiger charge is -2.32. The number of aromatic nitrogens is 1. The molecule has 2 amide bonds. The summed E-state index contributed by atoms with van der Waals surface area (Å²) in [7, 11) is 0. The van der Waals surface area contributed by atoms with E-state index < -0.39 is 0 Å². The summed E-state index contributed by atoms with van der Waals surface area (Å²) in [5.41, 5.74) is 10.3. The van der Waals surface area contributed by atoms with Crippen molar-refractivity contribution >= 4 is 17.5 Å². The number of aryl methyl sites for hydroxylation is 2. The van der Waals surface area contributed by atoms with Crippen LogP contribution in [0.2, 0.25) is 0 Å². The van der Waals surface area contributed by atoms with E-state index in [9.17, 15) is 9.59 Å². The van der Waals surface area contributed by atoms with E-state index in [0.29, 0.717) is 32.4 Å². The Morgan fingerprint density at radius 2 is 1.80 bits per heavy atom. The Morgan fingerprint density at radius 1 is 1.07 bits per heavy atom. The van der Waals surface area contributed by atoms with Crippen LogP contribution < -0.4 is 16.2 Å². The SMILES string of the molecule is Cc1cc(C)cc(NC(=O)C2CCN(C(=O)C3CC(c4ccccn4)NN3)CC2)c1. The zero-order chi connectivity index (χ0) is 21.1. The number of carbonyl (C=O) groups excluding carboxylic acids is 2. The molecule has 2 atom stereocenters. The zero-order valence-electron chi connectivity index (χ0n) is 17.5. The van der Waals surface area contributed by atoms with Gasteiger partial charge in [-0.05, 0) is 68.5 Å². The Labute approximate surface area is 177 Å². The number of carbonyl (C=O) groups is 2. The van der Waals surface area contributed by atoms with Gasteiger partial charge in [-0.15, -0.1) is 0 Å². The van der Waals surface area contributed by atoms with Gasteiger partial charge in [-0.2, -0.15) is 0 Å². The summed E-state index contributed by atoms with van der Waals surface area (Å²) >= 11 is 0. The van der Waals surface area contributed by atoms with Crippen molar-refractivity contribution in [3.63, 3.8) is 0 Å². The molecule has 7 heteroatoms. The van der Waals surface area contributed by atoms with Crippen LogP contribution >= 0.6 is 0 Å². The highest BCUT2D eigenvalue weighted by molar-refractivity contribution is 5.93. The first-order chi connectivity index (χ1) is 14.5. The maximum Gasteiger partial charge on any atom is 0.241 e. The first-order valence-corrected chi connectivity index (χ1v) is 10.6. The fourth-order valence-corrected chi connectivity index (χ4v) is 4.37. The molecule has 2 fully saturated rings. The standard InChI is InChI=1S/C23H29N5O2/c1-15-11-16(2)13-18(12-15)25-22(29)17-6-9-28(10-7-17)23(30)21-14-20(26-27-21)19-5-3-4-8-24-19/h3-5,8,11-13,17,20-21,26-27H,6-7,9-10,14H2,1-2H3,(H,25,29). The van der Waals surface area contributed by atoms with E-state index in [-0.39, 0.29) is 29.8 Å². The molecule has 1 aromatic heterocycles. The number of anilines is 1. The molecule has 3 heterocycles. The van der Waals surface area contributed by atoms with Gasteiger partial charge in [0.15, 0.2) is 0 Å². The van der Waals surface area contributed by atoms with Gasteiger partial charge in [0, 0.05) is 30.9 Å². The molecule has 2 aromatic rings. The summed E-state index contributed by atoms with van der Waals surface area (Å²) in [5.74, 6) is 0.0721. The number of amides is 2. The first kappa shape index (κ1) is 20.5. The van der Waals surface area contributed by atoms with E-state index >= 15 is 0 Å². The molecular formula is C23H29N5O2. The maximum absolute atomic E-state index is 12.9. The molecule has 2 aliphatic heterocycles. The van der Waals surface area contributed by atoms with Crippen molar-refractivity contribution in [1.82, 2.24) is 20.7 Å². The predicted molar refractivity (Wildman–Crippen MR) is 116 cm³/mol. The fourth-order valence-electron chi connectivity index (χ4n) is 4.37. The number of hydrogen-bond donors (Lipinski definition) is 3. The van der Waals surface area contributed by atoms with Gasteiger partial charge >= 0.3 is 0 Å². The molecule has 30 heavy (non-hydrogen) atoms. The minimum atomic E-state index is -0.266. The van der Waals surface area contributed by atoms with Crippen LogP contribution in [-0.2, 0) is 9.59 Å². The maximum atomic E-state index is 12.9. The number of nitrogens with one attached hydrogen (secondary N) is 3. The fraction of sp³-hybridized carbons (Fsp3) is 0.435. The van der Waals surface area contributed by atoms with E-state index in [1.54, 1.807) is 6.20 Å². The van der Waals surface area contributed by atoms with Crippen molar-refractivity contribution in [3.05, 3.63) is 59.4 Å². The lowest BCUT2D eigenvalue weighted by Crippen LogP contribution is -2.49. The smallest absolute Gasteiger partial charge is 0.241 e. The van der Waals surface area contributed by atoms with E-state index in [1.807, 2.05) is 49.1 Å². The molecule has 3 N–H and O–H groups in total. The van der Waals surface area contributed by atoms with E-state index in [1.165, 1.54) is 0 Å². The van der Waals surface area contributed by atoms with Crippen LogP contribution in [0.4, 0.5) is 5.69 Å². The van der Waals surface area contributed by atoms with Gasteiger partial charge in [-0.1, -0.05) is 12.1 Å². The Balaban J connectivity index is 1.28. The summed E-state index contributed by atoms with van der Waals surface area (Å²) in [6.07, 6.45) is 3.81. The summed E-state index contributed by atoms with van der Waals surface area (Å²) in [5, 5.41) is 3.04. The third kappa shape index (κ3) is 4.68. The van der Waals surface area contributed by atoms with Crippen molar-refractivity contribution in [1.29, 1.82) is 0 Å². The second-order valence-corrected chi connectivity index (χ2v) is 8.35. The van der Waals surface area contributed by atoms with Crippen LogP contribution in [0.15, 0.2) is 42.6 Å². The van der Waals surface area contributed by atoms with Gasteiger partial charge in [0.1, 0.15) is 6.04 Å². The molecule has 2 aliphatic rings. The molecule has 0 bridgehead atoms. The molecule has 0 radical (unpaired) electrons. The van der Waals surface area contributed by atoms with Crippen molar-refractivity contribution < 1.29 is 9.59 Å². The topological polar surface area (TPSA) is 86.4 Å². The summed E-state index contributed by atoms with van der Waals surface area (Å²) in [6, 6.07) is 11.6. The second kappa shape index (κ2) is 8.93. The number of benzene rings is 1. The third-order valence-corrected chi connectivity index (χ3v) is 5.91. The number of nitrogens with zero attached hydrogens (tertiary/aromatic N) is 2.